The summed E-state index contributed by atoms with van der Waals surface area (Å²) < 4.78 is 0.910. The molecule has 3 heteroatoms. The van der Waals surface area contributed by atoms with Crippen molar-refractivity contribution in [2.75, 3.05) is 0 Å². The molecular formula is C20H16BrNO. The molecule has 0 radical (unpaired) electrons. The molecule has 114 valence electrons. The molecule has 0 heterocycles. The zero-order chi connectivity index (χ0) is 16.1. The van der Waals surface area contributed by atoms with Crippen molar-refractivity contribution in [2.45, 2.75) is 6.04 Å². The molecule has 2 nitrogen and oxygen atoms in total. The minimum atomic E-state index is -0.101. The smallest absolute Gasteiger partial charge is 0.124 e. The summed E-state index contributed by atoms with van der Waals surface area (Å²) in [7, 11) is 0. The van der Waals surface area contributed by atoms with E-state index in [4.69, 9.17) is 4.99 Å². The lowest BCUT2D eigenvalue weighted by molar-refractivity contribution is 0.474. The minimum Gasteiger partial charge on any atom is -0.507 e. The number of rotatable bonds is 4. The van der Waals surface area contributed by atoms with Crippen LogP contribution in [0, 0.1) is 0 Å². The standard InChI is InChI=1S/C20H16BrNO/c21-18-11-12-19(23)17(13-18)14-22-20(15-7-3-1-4-8-15)16-9-5-2-6-10-16/h1-14,20,23H. The molecule has 0 unspecified atom stereocenters. The lowest BCUT2D eigenvalue weighted by Crippen LogP contribution is -1.99. The molecule has 0 aliphatic carbocycles. The van der Waals surface area contributed by atoms with E-state index in [-0.39, 0.29) is 11.8 Å². The molecule has 0 saturated carbocycles. The van der Waals surface area contributed by atoms with E-state index < -0.39 is 0 Å². The first-order valence-electron chi connectivity index (χ1n) is 7.35. The summed E-state index contributed by atoms with van der Waals surface area (Å²) in [5.74, 6) is 0.219. The van der Waals surface area contributed by atoms with Gasteiger partial charge < -0.3 is 5.11 Å². The Hall–Kier alpha value is -2.39. The molecule has 3 aromatic carbocycles. The van der Waals surface area contributed by atoms with Crippen LogP contribution in [0.15, 0.2) is 88.3 Å². The van der Waals surface area contributed by atoms with Crippen LogP contribution in [0.2, 0.25) is 0 Å². The van der Waals surface area contributed by atoms with Gasteiger partial charge >= 0.3 is 0 Å². The van der Waals surface area contributed by atoms with Crippen LogP contribution in [0.3, 0.4) is 0 Å². The van der Waals surface area contributed by atoms with Crippen LogP contribution in [-0.2, 0) is 0 Å². The molecule has 0 saturated heterocycles. The molecule has 0 bridgehead atoms. The predicted molar refractivity (Wildman–Crippen MR) is 98.1 cm³/mol. The van der Waals surface area contributed by atoms with Gasteiger partial charge in [0.25, 0.3) is 0 Å². The third kappa shape index (κ3) is 3.88. The van der Waals surface area contributed by atoms with E-state index in [0.717, 1.165) is 15.6 Å². The highest BCUT2D eigenvalue weighted by Gasteiger charge is 2.11. The Morgan fingerprint density at radius 1 is 0.826 bits per heavy atom. The third-order valence-corrected chi connectivity index (χ3v) is 4.08. The molecule has 3 rings (SSSR count). The van der Waals surface area contributed by atoms with Gasteiger partial charge in [-0.3, -0.25) is 4.99 Å². The number of halogens is 1. The van der Waals surface area contributed by atoms with Crippen LogP contribution >= 0.6 is 15.9 Å². The summed E-state index contributed by atoms with van der Waals surface area (Å²) in [6.45, 7) is 0. The van der Waals surface area contributed by atoms with Crippen molar-refractivity contribution in [3.8, 4) is 5.75 Å². The van der Waals surface area contributed by atoms with E-state index in [1.807, 2.05) is 42.5 Å². The van der Waals surface area contributed by atoms with E-state index in [0.29, 0.717) is 5.56 Å². The molecule has 0 aliphatic heterocycles. The average Bonchev–Trinajstić information content (AvgIpc) is 2.60. The molecule has 0 atom stereocenters. The van der Waals surface area contributed by atoms with Crippen molar-refractivity contribution in [3.63, 3.8) is 0 Å². The Bertz CT molecular complexity index is 761. The number of phenols is 1. The SMILES string of the molecule is Oc1ccc(Br)cc1C=NC(c1ccccc1)c1ccccc1. The summed E-state index contributed by atoms with van der Waals surface area (Å²) in [6, 6.07) is 25.5. The van der Waals surface area contributed by atoms with Gasteiger partial charge in [0.2, 0.25) is 0 Å². The molecule has 3 aromatic rings. The fourth-order valence-corrected chi connectivity index (χ4v) is 2.80. The molecule has 0 fully saturated rings. The first-order valence-corrected chi connectivity index (χ1v) is 8.15. The van der Waals surface area contributed by atoms with Gasteiger partial charge in [0.1, 0.15) is 5.75 Å². The Balaban J connectivity index is 1.99. The summed E-state index contributed by atoms with van der Waals surface area (Å²) in [4.78, 5) is 4.73. The first kappa shape index (κ1) is 15.5. The van der Waals surface area contributed by atoms with Crippen LogP contribution < -0.4 is 0 Å². The number of benzene rings is 3. The minimum absolute atomic E-state index is 0.101. The maximum absolute atomic E-state index is 9.98. The van der Waals surface area contributed by atoms with Crippen LogP contribution in [0.1, 0.15) is 22.7 Å². The van der Waals surface area contributed by atoms with E-state index in [1.54, 1.807) is 18.3 Å². The van der Waals surface area contributed by atoms with Gasteiger partial charge in [-0.15, -0.1) is 0 Å². The van der Waals surface area contributed by atoms with Gasteiger partial charge in [0, 0.05) is 16.3 Å². The number of aliphatic imine (C=N–C) groups is 1. The fourth-order valence-electron chi connectivity index (χ4n) is 2.42. The molecule has 0 amide bonds. The predicted octanol–water partition coefficient (Wildman–Crippen LogP) is 5.36. The van der Waals surface area contributed by atoms with E-state index in [9.17, 15) is 5.11 Å². The molecule has 0 aromatic heterocycles. The highest BCUT2D eigenvalue weighted by Crippen LogP contribution is 2.27. The molecule has 23 heavy (non-hydrogen) atoms. The fraction of sp³-hybridized carbons (Fsp3) is 0.0500. The van der Waals surface area contributed by atoms with Crippen molar-refractivity contribution in [1.29, 1.82) is 0 Å². The van der Waals surface area contributed by atoms with Gasteiger partial charge in [-0.1, -0.05) is 76.6 Å². The van der Waals surface area contributed by atoms with Gasteiger partial charge in [0.15, 0.2) is 0 Å². The molecular weight excluding hydrogens is 350 g/mol. The second-order valence-electron chi connectivity index (χ2n) is 5.21. The maximum Gasteiger partial charge on any atom is 0.124 e. The lowest BCUT2D eigenvalue weighted by Gasteiger charge is -2.13. The molecule has 1 N–H and O–H groups in total. The zero-order valence-electron chi connectivity index (χ0n) is 12.4. The second kappa shape index (κ2) is 7.25. The van der Waals surface area contributed by atoms with Crippen molar-refractivity contribution < 1.29 is 5.11 Å². The zero-order valence-corrected chi connectivity index (χ0v) is 14.0. The topological polar surface area (TPSA) is 32.6 Å². The first-order chi connectivity index (χ1) is 11.2. The van der Waals surface area contributed by atoms with Crippen molar-refractivity contribution in [3.05, 3.63) is 100 Å². The highest BCUT2D eigenvalue weighted by molar-refractivity contribution is 9.10. The Kier molecular flexibility index (Phi) is 4.89. The highest BCUT2D eigenvalue weighted by atomic mass is 79.9. The number of hydrogen-bond acceptors (Lipinski definition) is 2. The van der Waals surface area contributed by atoms with Gasteiger partial charge in [-0.05, 0) is 29.3 Å². The Morgan fingerprint density at radius 2 is 1.39 bits per heavy atom. The summed E-state index contributed by atoms with van der Waals surface area (Å²) in [6.07, 6.45) is 1.73. The Labute approximate surface area is 144 Å². The van der Waals surface area contributed by atoms with Crippen LogP contribution in [0.25, 0.3) is 0 Å². The number of aromatic hydroxyl groups is 1. The monoisotopic (exact) mass is 365 g/mol. The number of hydrogen-bond donors (Lipinski definition) is 1. The molecule has 0 aliphatic rings. The number of nitrogens with zero attached hydrogens (tertiary/aromatic N) is 1. The second-order valence-corrected chi connectivity index (χ2v) is 6.12. The average molecular weight is 366 g/mol. The van der Waals surface area contributed by atoms with E-state index in [2.05, 4.69) is 40.2 Å². The Morgan fingerprint density at radius 3 is 1.96 bits per heavy atom. The van der Waals surface area contributed by atoms with Crippen LogP contribution in [-0.4, -0.2) is 11.3 Å². The van der Waals surface area contributed by atoms with Crippen molar-refractivity contribution in [2.24, 2.45) is 4.99 Å². The summed E-state index contributed by atoms with van der Waals surface area (Å²) in [5, 5.41) is 9.98. The largest absolute Gasteiger partial charge is 0.507 e. The van der Waals surface area contributed by atoms with Gasteiger partial charge in [-0.25, -0.2) is 0 Å². The van der Waals surface area contributed by atoms with Crippen LogP contribution in [0.4, 0.5) is 0 Å². The number of phenolic OH excluding ortho intramolecular Hbond substituents is 1. The van der Waals surface area contributed by atoms with Crippen molar-refractivity contribution >= 4 is 22.1 Å². The van der Waals surface area contributed by atoms with E-state index >= 15 is 0 Å². The molecule has 0 spiro atoms. The van der Waals surface area contributed by atoms with Crippen molar-refractivity contribution in [1.82, 2.24) is 0 Å². The summed E-state index contributed by atoms with van der Waals surface area (Å²) >= 11 is 3.42. The van der Waals surface area contributed by atoms with Gasteiger partial charge in [0.05, 0.1) is 6.04 Å². The normalized spacial score (nSPS) is 11.2. The maximum atomic E-state index is 9.98. The third-order valence-electron chi connectivity index (χ3n) is 3.58. The summed E-state index contributed by atoms with van der Waals surface area (Å²) in [5.41, 5.74) is 2.92. The van der Waals surface area contributed by atoms with Crippen LogP contribution in [0.5, 0.6) is 5.75 Å². The quantitative estimate of drug-likeness (QED) is 0.619. The lowest BCUT2D eigenvalue weighted by atomic mass is 9.99. The van der Waals surface area contributed by atoms with Gasteiger partial charge in [-0.2, -0.15) is 0 Å². The van der Waals surface area contributed by atoms with E-state index in [1.165, 1.54) is 0 Å².